The van der Waals surface area contributed by atoms with Gasteiger partial charge in [0, 0.05) is 23.1 Å². The summed E-state index contributed by atoms with van der Waals surface area (Å²) in [7, 11) is 0. The first-order valence-corrected chi connectivity index (χ1v) is 4.79. The van der Waals surface area contributed by atoms with E-state index in [1.165, 1.54) is 22.2 Å². The summed E-state index contributed by atoms with van der Waals surface area (Å²) in [6.45, 7) is 7.58. The molecule has 2 aromatic rings. The first-order valence-electron chi connectivity index (χ1n) is 4.79. The maximum atomic E-state index is 2.35. The van der Waals surface area contributed by atoms with Gasteiger partial charge in [-0.3, -0.25) is 0 Å². The Morgan fingerprint density at radius 1 is 1.23 bits per heavy atom. The Hall–Kier alpha value is -1.24. The molecule has 0 unspecified atom stereocenters. The molecule has 0 saturated heterocycles. The number of nitrogens with zero attached hydrogens (tertiary/aromatic N) is 1. The molecule has 0 atom stereocenters. The molecule has 0 saturated carbocycles. The lowest BCUT2D eigenvalue weighted by atomic mass is 10.1. The van der Waals surface area contributed by atoms with E-state index in [1.54, 1.807) is 0 Å². The predicted octanol–water partition coefficient (Wildman–Crippen LogP) is 3.28. The standard InChI is InChI=1S/C12H15N/c1-4-13-10(3)8-11-9(2)6-5-7-12(11)13/h5-8H,4H2,1-3H3. The van der Waals surface area contributed by atoms with Crippen molar-refractivity contribution >= 4 is 10.9 Å². The van der Waals surface area contributed by atoms with E-state index in [0.29, 0.717) is 0 Å². The highest BCUT2D eigenvalue weighted by Gasteiger charge is 2.04. The fourth-order valence-electron chi connectivity index (χ4n) is 1.98. The molecule has 68 valence electrons. The number of hydrogen-bond donors (Lipinski definition) is 0. The first-order chi connectivity index (χ1) is 6.24. The van der Waals surface area contributed by atoms with Crippen molar-refractivity contribution in [1.82, 2.24) is 4.57 Å². The molecule has 0 aliphatic rings. The van der Waals surface area contributed by atoms with Crippen LogP contribution in [0, 0.1) is 13.8 Å². The maximum absolute atomic E-state index is 2.35. The molecule has 0 fully saturated rings. The van der Waals surface area contributed by atoms with Gasteiger partial charge in [-0.1, -0.05) is 12.1 Å². The highest BCUT2D eigenvalue weighted by atomic mass is 15.0. The molecule has 1 heterocycles. The van der Waals surface area contributed by atoms with Gasteiger partial charge in [0.1, 0.15) is 0 Å². The van der Waals surface area contributed by atoms with Crippen LogP contribution >= 0.6 is 0 Å². The van der Waals surface area contributed by atoms with Gasteiger partial charge in [0.25, 0.3) is 0 Å². The monoisotopic (exact) mass is 173 g/mol. The minimum absolute atomic E-state index is 1.05. The summed E-state index contributed by atoms with van der Waals surface area (Å²) in [5.74, 6) is 0. The van der Waals surface area contributed by atoms with Gasteiger partial charge in [-0.05, 0) is 38.5 Å². The van der Waals surface area contributed by atoms with Crippen LogP contribution in [-0.2, 0) is 6.54 Å². The number of aryl methyl sites for hydroxylation is 3. The van der Waals surface area contributed by atoms with E-state index in [2.05, 4.69) is 49.6 Å². The SMILES string of the molecule is CCn1c(C)cc2c(C)cccc21. The molecule has 2 rings (SSSR count). The van der Waals surface area contributed by atoms with Crippen molar-refractivity contribution in [3.63, 3.8) is 0 Å². The Kier molecular flexibility index (Phi) is 1.87. The lowest BCUT2D eigenvalue weighted by Gasteiger charge is -2.03. The zero-order valence-electron chi connectivity index (χ0n) is 8.46. The number of hydrogen-bond acceptors (Lipinski definition) is 0. The zero-order valence-corrected chi connectivity index (χ0v) is 8.46. The van der Waals surface area contributed by atoms with Crippen molar-refractivity contribution in [3.8, 4) is 0 Å². The Bertz CT molecular complexity index is 438. The molecular weight excluding hydrogens is 158 g/mol. The first kappa shape index (κ1) is 8.36. The lowest BCUT2D eigenvalue weighted by molar-refractivity contribution is 0.769. The average molecular weight is 173 g/mol. The molecule has 1 heteroatoms. The number of rotatable bonds is 1. The maximum Gasteiger partial charge on any atom is 0.0484 e. The number of fused-ring (bicyclic) bond motifs is 1. The van der Waals surface area contributed by atoms with Crippen LogP contribution in [0.3, 0.4) is 0 Å². The van der Waals surface area contributed by atoms with E-state index in [1.807, 2.05) is 0 Å². The second-order valence-corrected chi connectivity index (χ2v) is 3.54. The molecule has 0 N–H and O–H groups in total. The van der Waals surface area contributed by atoms with Crippen molar-refractivity contribution in [2.45, 2.75) is 27.3 Å². The van der Waals surface area contributed by atoms with Crippen molar-refractivity contribution < 1.29 is 0 Å². The third kappa shape index (κ3) is 1.15. The average Bonchev–Trinajstić information content (AvgIpc) is 2.43. The van der Waals surface area contributed by atoms with E-state index in [4.69, 9.17) is 0 Å². The van der Waals surface area contributed by atoms with Crippen molar-refractivity contribution in [1.29, 1.82) is 0 Å². The molecule has 1 nitrogen and oxygen atoms in total. The van der Waals surface area contributed by atoms with Gasteiger partial charge in [0.2, 0.25) is 0 Å². The van der Waals surface area contributed by atoms with Crippen LogP contribution < -0.4 is 0 Å². The third-order valence-corrected chi connectivity index (χ3v) is 2.69. The predicted molar refractivity (Wildman–Crippen MR) is 57.1 cm³/mol. The van der Waals surface area contributed by atoms with Gasteiger partial charge in [-0.2, -0.15) is 0 Å². The van der Waals surface area contributed by atoms with Crippen LogP contribution in [-0.4, -0.2) is 4.57 Å². The molecule has 0 bridgehead atoms. The van der Waals surface area contributed by atoms with Gasteiger partial charge in [-0.15, -0.1) is 0 Å². The van der Waals surface area contributed by atoms with Crippen LogP contribution in [0.2, 0.25) is 0 Å². The van der Waals surface area contributed by atoms with Gasteiger partial charge >= 0.3 is 0 Å². The minimum Gasteiger partial charge on any atom is -0.345 e. The Labute approximate surface area is 79.0 Å². The molecule has 1 aromatic heterocycles. The van der Waals surface area contributed by atoms with Crippen LogP contribution in [0.4, 0.5) is 0 Å². The quantitative estimate of drug-likeness (QED) is 0.623. The second kappa shape index (κ2) is 2.91. The van der Waals surface area contributed by atoms with E-state index >= 15 is 0 Å². The third-order valence-electron chi connectivity index (χ3n) is 2.69. The van der Waals surface area contributed by atoms with E-state index < -0.39 is 0 Å². The summed E-state index contributed by atoms with van der Waals surface area (Å²) in [5, 5.41) is 1.39. The molecular formula is C12H15N. The normalized spacial score (nSPS) is 11.0. The largest absolute Gasteiger partial charge is 0.345 e. The van der Waals surface area contributed by atoms with Crippen LogP contribution in [0.15, 0.2) is 24.3 Å². The summed E-state index contributed by atoms with van der Waals surface area (Å²) in [6.07, 6.45) is 0. The highest BCUT2D eigenvalue weighted by Crippen LogP contribution is 2.22. The van der Waals surface area contributed by atoms with E-state index in [-0.39, 0.29) is 0 Å². The topological polar surface area (TPSA) is 4.93 Å². The van der Waals surface area contributed by atoms with E-state index in [9.17, 15) is 0 Å². The number of benzene rings is 1. The van der Waals surface area contributed by atoms with Crippen LogP contribution in [0.5, 0.6) is 0 Å². The van der Waals surface area contributed by atoms with E-state index in [0.717, 1.165) is 6.54 Å². The molecule has 0 aliphatic carbocycles. The molecule has 1 aromatic carbocycles. The summed E-state index contributed by atoms with van der Waals surface area (Å²) >= 11 is 0. The molecule has 0 amide bonds. The van der Waals surface area contributed by atoms with Crippen LogP contribution in [0.1, 0.15) is 18.2 Å². The second-order valence-electron chi connectivity index (χ2n) is 3.54. The fourth-order valence-corrected chi connectivity index (χ4v) is 1.98. The fraction of sp³-hybridized carbons (Fsp3) is 0.333. The Balaban J connectivity index is 2.86. The van der Waals surface area contributed by atoms with Gasteiger partial charge in [-0.25, -0.2) is 0 Å². The summed E-state index contributed by atoms with van der Waals surface area (Å²) in [6, 6.07) is 8.76. The highest BCUT2D eigenvalue weighted by molar-refractivity contribution is 5.84. The summed E-state index contributed by atoms with van der Waals surface area (Å²) in [4.78, 5) is 0. The smallest absolute Gasteiger partial charge is 0.0484 e. The lowest BCUT2D eigenvalue weighted by Crippen LogP contribution is -1.95. The van der Waals surface area contributed by atoms with Crippen molar-refractivity contribution in [3.05, 3.63) is 35.5 Å². The van der Waals surface area contributed by atoms with Gasteiger partial charge in [0.15, 0.2) is 0 Å². The summed E-state index contributed by atoms with van der Waals surface area (Å²) in [5.41, 5.74) is 4.08. The Morgan fingerprint density at radius 3 is 2.69 bits per heavy atom. The van der Waals surface area contributed by atoms with Gasteiger partial charge < -0.3 is 4.57 Å². The van der Waals surface area contributed by atoms with Crippen molar-refractivity contribution in [2.75, 3.05) is 0 Å². The minimum atomic E-state index is 1.05. The zero-order chi connectivity index (χ0) is 9.42. The molecule has 0 aliphatic heterocycles. The molecule has 0 spiro atoms. The van der Waals surface area contributed by atoms with Gasteiger partial charge in [0.05, 0.1) is 0 Å². The molecule has 0 radical (unpaired) electrons. The van der Waals surface area contributed by atoms with Crippen LogP contribution in [0.25, 0.3) is 10.9 Å². The number of aromatic nitrogens is 1. The Morgan fingerprint density at radius 2 is 2.00 bits per heavy atom. The van der Waals surface area contributed by atoms with Crippen molar-refractivity contribution in [2.24, 2.45) is 0 Å². The molecule has 13 heavy (non-hydrogen) atoms. The summed E-state index contributed by atoms with van der Waals surface area (Å²) < 4.78 is 2.35.